The molecule has 1 aliphatic heterocycles. The lowest BCUT2D eigenvalue weighted by Crippen LogP contribution is -2.32. The molecular formula is C16H20N2O. The van der Waals surface area contributed by atoms with Gasteiger partial charge in [-0.25, -0.2) is 4.79 Å². The Morgan fingerprint density at radius 3 is 2.58 bits per heavy atom. The van der Waals surface area contributed by atoms with Crippen LogP contribution in [0.5, 0.6) is 0 Å². The highest BCUT2D eigenvalue weighted by atomic mass is 16.1. The van der Waals surface area contributed by atoms with Crippen LogP contribution in [0.3, 0.4) is 0 Å². The molecule has 2 aliphatic rings. The summed E-state index contributed by atoms with van der Waals surface area (Å²) in [6.45, 7) is 6.52. The van der Waals surface area contributed by atoms with E-state index in [1.165, 1.54) is 16.7 Å². The summed E-state index contributed by atoms with van der Waals surface area (Å²) in [6.07, 6.45) is 4.88. The summed E-state index contributed by atoms with van der Waals surface area (Å²) in [5.74, 6) is 0. The number of benzene rings is 1. The molecule has 0 aromatic heterocycles. The Morgan fingerprint density at radius 2 is 2.00 bits per heavy atom. The molecule has 0 unspecified atom stereocenters. The van der Waals surface area contributed by atoms with Gasteiger partial charge in [0.2, 0.25) is 6.08 Å². The highest BCUT2D eigenvalue weighted by Crippen LogP contribution is 2.45. The highest BCUT2D eigenvalue weighted by Gasteiger charge is 2.39. The van der Waals surface area contributed by atoms with E-state index in [4.69, 9.17) is 0 Å². The molecule has 3 nitrogen and oxygen atoms in total. The first-order valence-corrected chi connectivity index (χ1v) is 7.10. The zero-order chi connectivity index (χ0) is 13.5. The fourth-order valence-electron chi connectivity index (χ4n) is 3.14. The molecule has 1 saturated carbocycles. The van der Waals surface area contributed by atoms with Crippen molar-refractivity contribution in [3.05, 3.63) is 34.9 Å². The summed E-state index contributed by atoms with van der Waals surface area (Å²) < 4.78 is 0. The summed E-state index contributed by atoms with van der Waals surface area (Å²) in [5.41, 5.74) is 3.76. The maximum Gasteiger partial charge on any atom is 0.235 e. The largest absolute Gasteiger partial charge is 0.292 e. The zero-order valence-corrected chi connectivity index (χ0v) is 11.6. The molecule has 3 rings (SSSR count). The molecule has 19 heavy (non-hydrogen) atoms. The van der Waals surface area contributed by atoms with Crippen LogP contribution >= 0.6 is 0 Å². The first-order valence-electron chi connectivity index (χ1n) is 7.10. The number of rotatable bonds is 3. The molecule has 0 bridgehead atoms. The first-order chi connectivity index (χ1) is 9.14. The third-order valence-corrected chi connectivity index (χ3v) is 4.66. The topological polar surface area (TPSA) is 32.7 Å². The lowest BCUT2D eigenvalue weighted by Gasteiger charge is -2.37. The molecule has 0 amide bonds. The van der Waals surface area contributed by atoms with Gasteiger partial charge in [-0.05, 0) is 49.8 Å². The van der Waals surface area contributed by atoms with Crippen molar-refractivity contribution in [1.82, 2.24) is 4.90 Å². The zero-order valence-electron chi connectivity index (χ0n) is 11.6. The molecule has 0 atom stereocenters. The van der Waals surface area contributed by atoms with E-state index in [2.05, 4.69) is 41.9 Å². The number of carbonyl (C=O) groups excluding carboxylic acids is 1. The van der Waals surface area contributed by atoms with Crippen molar-refractivity contribution < 1.29 is 4.79 Å². The second-order valence-corrected chi connectivity index (χ2v) is 6.07. The lowest BCUT2D eigenvalue weighted by molar-refractivity contribution is 0.227. The van der Waals surface area contributed by atoms with Crippen LogP contribution in [0.2, 0.25) is 0 Å². The molecule has 0 radical (unpaired) electrons. The molecule has 100 valence electrons. The normalized spacial score (nSPS) is 20.8. The Bertz CT molecular complexity index is 540. The van der Waals surface area contributed by atoms with Gasteiger partial charge in [0, 0.05) is 19.1 Å². The van der Waals surface area contributed by atoms with E-state index in [1.54, 1.807) is 6.08 Å². The molecule has 1 aromatic carbocycles. The summed E-state index contributed by atoms with van der Waals surface area (Å²) in [7, 11) is 0. The molecular weight excluding hydrogens is 236 g/mol. The molecule has 0 spiro atoms. The van der Waals surface area contributed by atoms with Gasteiger partial charge in [0.15, 0.2) is 0 Å². The minimum atomic E-state index is -0.262. The summed E-state index contributed by atoms with van der Waals surface area (Å²) in [4.78, 5) is 17.2. The van der Waals surface area contributed by atoms with E-state index < -0.39 is 0 Å². The second kappa shape index (κ2) is 4.59. The standard InChI is InChI=1S/C16H20N2O/c1-12(2)18-9-13-4-5-15(8-14(13)10-18)16(17-11-19)6-3-7-16/h4-5,8,12H,3,6-7,9-10H2,1-2H3. The van der Waals surface area contributed by atoms with Gasteiger partial charge in [-0.2, -0.15) is 4.99 Å². The number of isocyanates is 1. The Kier molecular flexibility index (Phi) is 3.04. The number of fused-ring (bicyclic) bond motifs is 1. The quantitative estimate of drug-likeness (QED) is 0.615. The third kappa shape index (κ3) is 2.03. The van der Waals surface area contributed by atoms with Crippen molar-refractivity contribution in [2.24, 2.45) is 4.99 Å². The van der Waals surface area contributed by atoms with Crippen molar-refractivity contribution >= 4 is 6.08 Å². The van der Waals surface area contributed by atoms with Crippen LogP contribution < -0.4 is 0 Å². The van der Waals surface area contributed by atoms with Gasteiger partial charge in [-0.15, -0.1) is 0 Å². The van der Waals surface area contributed by atoms with Gasteiger partial charge in [0.25, 0.3) is 0 Å². The molecule has 1 heterocycles. The van der Waals surface area contributed by atoms with Crippen LogP contribution in [0.25, 0.3) is 0 Å². The van der Waals surface area contributed by atoms with Crippen LogP contribution in [0.4, 0.5) is 0 Å². The molecule has 0 N–H and O–H groups in total. The minimum Gasteiger partial charge on any atom is -0.292 e. The smallest absolute Gasteiger partial charge is 0.235 e. The van der Waals surface area contributed by atoms with Crippen molar-refractivity contribution in [2.75, 3.05) is 0 Å². The Morgan fingerprint density at radius 1 is 1.26 bits per heavy atom. The van der Waals surface area contributed by atoms with Crippen molar-refractivity contribution in [3.63, 3.8) is 0 Å². The van der Waals surface area contributed by atoms with Crippen LogP contribution in [0.1, 0.15) is 49.8 Å². The predicted octanol–water partition coefficient (Wildman–Crippen LogP) is 3.13. The van der Waals surface area contributed by atoms with E-state index in [0.29, 0.717) is 6.04 Å². The fraction of sp³-hybridized carbons (Fsp3) is 0.562. The van der Waals surface area contributed by atoms with Gasteiger partial charge in [0.05, 0.1) is 5.54 Å². The van der Waals surface area contributed by atoms with E-state index in [-0.39, 0.29) is 5.54 Å². The Labute approximate surface area is 114 Å². The molecule has 1 aliphatic carbocycles. The second-order valence-electron chi connectivity index (χ2n) is 6.07. The van der Waals surface area contributed by atoms with Crippen molar-refractivity contribution in [3.8, 4) is 0 Å². The lowest BCUT2D eigenvalue weighted by atomic mass is 9.72. The van der Waals surface area contributed by atoms with Gasteiger partial charge < -0.3 is 0 Å². The monoisotopic (exact) mass is 256 g/mol. The number of hydrogen-bond acceptors (Lipinski definition) is 3. The third-order valence-electron chi connectivity index (χ3n) is 4.66. The highest BCUT2D eigenvalue weighted by molar-refractivity contribution is 5.43. The van der Waals surface area contributed by atoms with Crippen molar-refractivity contribution in [2.45, 2.75) is 57.8 Å². The van der Waals surface area contributed by atoms with Crippen LogP contribution in [-0.2, 0) is 23.4 Å². The first kappa shape index (κ1) is 12.6. The Balaban J connectivity index is 1.92. The fourth-order valence-corrected chi connectivity index (χ4v) is 3.14. The van der Waals surface area contributed by atoms with E-state index in [1.807, 2.05) is 0 Å². The average Bonchev–Trinajstić information content (AvgIpc) is 2.76. The predicted molar refractivity (Wildman–Crippen MR) is 74.5 cm³/mol. The number of aliphatic imine (C=N–C) groups is 1. The average molecular weight is 256 g/mol. The number of nitrogens with zero attached hydrogens (tertiary/aromatic N) is 2. The molecule has 1 fully saturated rings. The molecule has 1 aromatic rings. The van der Waals surface area contributed by atoms with Crippen LogP contribution in [-0.4, -0.2) is 17.0 Å². The van der Waals surface area contributed by atoms with Crippen molar-refractivity contribution in [1.29, 1.82) is 0 Å². The van der Waals surface area contributed by atoms with E-state index >= 15 is 0 Å². The van der Waals surface area contributed by atoms with Crippen LogP contribution in [0, 0.1) is 0 Å². The van der Waals surface area contributed by atoms with E-state index in [0.717, 1.165) is 32.4 Å². The summed E-state index contributed by atoms with van der Waals surface area (Å²) >= 11 is 0. The maximum absolute atomic E-state index is 10.7. The number of hydrogen-bond donors (Lipinski definition) is 0. The van der Waals surface area contributed by atoms with E-state index in [9.17, 15) is 4.79 Å². The van der Waals surface area contributed by atoms with Gasteiger partial charge >= 0.3 is 0 Å². The van der Waals surface area contributed by atoms with Gasteiger partial charge in [-0.1, -0.05) is 18.2 Å². The molecule has 0 saturated heterocycles. The minimum absolute atomic E-state index is 0.262. The van der Waals surface area contributed by atoms with Gasteiger partial charge in [0.1, 0.15) is 0 Å². The molecule has 3 heteroatoms. The maximum atomic E-state index is 10.7. The Hall–Kier alpha value is -1.44. The van der Waals surface area contributed by atoms with Crippen LogP contribution in [0.15, 0.2) is 23.2 Å². The summed E-state index contributed by atoms with van der Waals surface area (Å²) in [6, 6.07) is 7.20. The van der Waals surface area contributed by atoms with Gasteiger partial charge in [-0.3, -0.25) is 4.90 Å². The summed E-state index contributed by atoms with van der Waals surface area (Å²) in [5, 5.41) is 0. The SMILES string of the molecule is CC(C)N1Cc2ccc(C3(N=C=O)CCC3)cc2C1.